The van der Waals surface area contributed by atoms with E-state index < -0.39 is 0 Å². The molecule has 24 heavy (non-hydrogen) atoms. The molecule has 0 bridgehead atoms. The number of hydrogen-bond donors (Lipinski definition) is 1. The van der Waals surface area contributed by atoms with Crippen LogP contribution in [0.2, 0.25) is 0 Å². The smallest absolute Gasteiger partial charge is 0.110 e. The molecule has 0 aromatic heterocycles. The van der Waals surface area contributed by atoms with Crippen molar-refractivity contribution >= 4 is 0 Å². The van der Waals surface area contributed by atoms with Gasteiger partial charge in [0, 0.05) is 18.3 Å². The van der Waals surface area contributed by atoms with Crippen LogP contribution in [0.25, 0.3) is 0 Å². The maximum Gasteiger partial charge on any atom is 0.110 e. The lowest BCUT2D eigenvalue weighted by atomic mass is 10.1. The van der Waals surface area contributed by atoms with Crippen LogP contribution < -0.4 is 5.73 Å². The van der Waals surface area contributed by atoms with Crippen molar-refractivity contribution in [1.82, 2.24) is 4.90 Å². The lowest BCUT2D eigenvalue weighted by molar-refractivity contribution is 0.450. The molecule has 0 heterocycles. The number of nitrogens with two attached hydrogens (primary N) is 1. The van der Waals surface area contributed by atoms with Crippen LogP contribution in [0.1, 0.15) is 75.7 Å². The summed E-state index contributed by atoms with van der Waals surface area (Å²) in [6.45, 7) is 28.4. The van der Waals surface area contributed by atoms with Gasteiger partial charge in [0.05, 0.1) is 0 Å². The molecule has 0 aromatic carbocycles. The molecule has 142 valence electrons. The third-order valence-electron chi connectivity index (χ3n) is 2.26. The highest BCUT2D eigenvalue weighted by Crippen LogP contribution is 2.16. The summed E-state index contributed by atoms with van der Waals surface area (Å²) in [6.07, 6.45) is 8.90. The quantitative estimate of drug-likeness (QED) is 0.411. The van der Waals surface area contributed by atoms with E-state index in [1.807, 2.05) is 60.6 Å². The van der Waals surface area contributed by atoms with Crippen molar-refractivity contribution in [3.05, 3.63) is 60.1 Å². The largest absolute Gasteiger partial charge is 0.385 e. The molecule has 0 aliphatic rings. The minimum Gasteiger partial charge on any atom is -0.385 e. The summed E-state index contributed by atoms with van der Waals surface area (Å²) < 4.78 is 0. The Kier molecular flexibility index (Phi) is 29.7. The molecule has 0 aliphatic carbocycles. The van der Waals surface area contributed by atoms with Crippen molar-refractivity contribution in [2.75, 3.05) is 6.54 Å². The summed E-state index contributed by atoms with van der Waals surface area (Å²) in [4.78, 5) is 2.10. The summed E-state index contributed by atoms with van der Waals surface area (Å²) in [5.41, 5.74) is 9.47. The fourth-order valence-corrected chi connectivity index (χ4v) is 1.57. The van der Waals surface area contributed by atoms with Crippen LogP contribution in [-0.2, 0) is 0 Å². The van der Waals surface area contributed by atoms with Crippen molar-refractivity contribution < 1.29 is 0 Å². The third-order valence-corrected chi connectivity index (χ3v) is 2.26. The highest BCUT2D eigenvalue weighted by molar-refractivity contribution is 5.39. The maximum absolute atomic E-state index is 6.23. The zero-order chi connectivity index (χ0) is 20.1. The lowest BCUT2D eigenvalue weighted by Crippen LogP contribution is -2.25. The van der Waals surface area contributed by atoms with Crippen LogP contribution in [0, 0.1) is 0 Å². The molecule has 0 aliphatic heterocycles. The summed E-state index contributed by atoms with van der Waals surface area (Å²) in [7, 11) is 0. The standard InChI is InChI=1S/C15H26N2.C3H6.2C2H6/c1-7-9-14(13(5)6)15(16)17(10-8-2)11-12(3)4;1-3-2;2*1-2/h7,9,11H,5,8,10,16H2,1-4,6H3;3H,1H2,2H3;2*1-2H3/b9-7-,15-14+;;;. The molecule has 0 aromatic rings. The van der Waals surface area contributed by atoms with Gasteiger partial charge in [-0.2, -0.15) is 0 Å². The first-order chi connectivity index (χ1) is 11.3. The van der Waals surface area contributed by atoms with Gasteiger partial charge in [-0.25, -0.2) is 0 Å². The van der Waals surface area contributed by atoms with Crippen molar-refractivity contribution in [1.29, 1.82) is 0 Å². The molecule has 2 N–H and O–H groups in total. The van der Waals surface area contributed by atoms with Gasteiger partial charge in [-0.1, -0.05) is 65.0 Å². The fourth-order valence-electron chi connectivity index (χ4n) is 1.57. The van der Waals surface area contributed by atoms with Crippen LogP contribution in [0.3, 0.4) is 0 Å². The van der Waals surface area contributed by atoms with E-state index in [0.29, 0.717) is 0 Å². The van der Waals surface area contributed by atoms with Crippen molar-refractivity contribution in [2.24, 2.45) is 5.73 Å². The molecule has 0 rings (SSSR count). The Bertz CT molecular complexity index is 381. The predicted octanol–water partition coefficient (Wildman–Crippen LogP) is 7.19. The number of hydrogen-bond acceptors (Lipinski definition) is 2. The Balaban J connectivity index is -0.000000247. The number of nitrogens with zero attached hydrogens (tertiary/aromatic N) is 1. The molecule has 2 heteroatoms. The molecule has 2 nitrogen and oxygen atoms in total. The van der Waals surface area contributed by atoms with Crippen molar-refractivity contribution in [2.45, 2.75) is 75.7 Å². The fraction of sp³-hybridized carbons (Fsp3) is 0.545. The van der Waals surface area contributed by atoms with E-state index in [-0.39, 0.29) is 0 Å². The molecule has 0 radical (unpaired) electrons. The molecule has 0 saturated carbocycles. The minimum absolute atomic E-state index is 0.777. The second kappa shape index (κ2) is 23.6. The van der Waals surface area contributed by atoms with Gasteiger partial charge in [0.1, 0.15) is 5.82 Å². The van der Waals surface area contributed by atoms with Crippen LogP contribution in [-0.4, -0.2) is 11.4 Å². The average Bonchev–Trinajstić information content (AvgIpc) is 2.55. The second-order valence-electron chi connectivity index (χ2n) is 4.89. The number of allylic oxidation sites excluding steroid dienone is 6. The third kappa shape index (κ3) is 18.3. The molecular formula is C22H44N2. The molecule has 0 spiro atoms. The summed E-state index contributed by atoms with van der Waals surface area (Å²) in [6, 6.07) is 0. The van der Waals surface area contributed by atoms with Gasteiger partial charge in [0.25, 0.3) is 0 Å². The monoisotopic (exact) mass is 336 g/mol. The van der Waals surface area contributed by atoms with E-state index >= 15 is 0 Å². The molecule has 0 amide bonds. The molecule has 0 saturated heterocycles. The van der Waals surface area contributed by atoms with Crippen molar-refractivity contribution in [3.63, 3.8) is 0 Å². The van der Waals surface area contributed by atoms with E-state index in [1.165, 1.54) is 5.57 Å². The zero-order valence-electron chi connectivity index (χ0n) is 18.2. The van der Waals surface area contributed by atoms with E-state index in [9.17, 15) is 0 Å². The SMILES string of the molecule is C=C(C)C(/C=C\C)=C(\N)N(C=C(C)C)CCC.C=CC.CC.CC. The van der Waals surface area contributed by atoms with Gasteiger partial charge in [-0.05, 0) is 46.6 Å². The average molecular weight is 337 g/mol. The van der Waals surface area contributed by atoms with Crippen molar-refractivity contribution in [3.8, 4) is 0 Å². The molecule has 0 unspecified atom stereocenters. The highest BCUT2D eigenvalue weighted by Gasteiger charge is 2.08. The Morgan fingerprint density at radius 2 is 1.46 bits per heavy atom. The second-order valence-corrected chi connectivity index (χ2v) is 4.89. The first-order valence-corrected chi connectivity index (χ1v) is 9.12. The van der Waals surface area contributed by atoms with E-state index in [4.69, 9.17) is 5.73 Å². The van der Waals surface area contributed by atoms with E-state index in [1.54, 1.807) is 6.08 Å². The van der Waals surface area contributed by atoms with Gasteiger partial charge in [-0.3, -0.25) is 0 Å². The minimum atomic E-state index is 0.777. The highest BCUT2D eigenvalue weighted by atomic mass is 15.2. The first-order valence-electron chi connectivity index (χ1n) is 9.12. The Hall–Kier alpha value is -1.70. The lowest BCUT2D eigenvalue weighted by Gasteiger charge is -2.23. The zero-order valence-corrected chi connectivity index (χ0v) is 18.2. The Labute approximate surface area is 153 Å². The van der Waals surface area contributed by atoms with Crippen LogP contribution >= 0.6 is 0 Å². The molecule has 0 fully saturated rings. The Morgan fingerprint density at radius 1 is 1.04 bits per heavy atom. The summed E-state index contributed by atoms with van der Waals surface area (Å²) in [5, 5.41) is 0. The van der Waals surface area contributed by atoms with Gasteiger partial charge in [0.15, 0.2) is 0 Å². The van der Waals surface area contributed by atoms with Crippen LogP contribution in [0.5, 0.6) is 0 Å². The van der Waals surface area contributed by atoms with E-state index in [2.05, 4.69) is 45.0 Å². The Morgan fingerprint density at radius 3 is 1.71 bits per heavy atom. The van der Waals surface area contributed by atoms with Gasteiger partial charge < -0.3 is 10.6 Å². The van der Waals surface area contributed by atoms with Crippen LogP contribution in [0.4, 0.5) is 0 Å². The maximum atomic E-state index is 6.23. The van der Waals surface area contributed by atoms with Gasteiger partial charge in [-0.15, -0.1) is 6.58 Å². The molecular weight excluding hydrogens is 292 g/mol. The molecule has 0 atom stereocenters. The normalized spacial score (nSPS) is 9.75. The topological polar surface area (TPSA) is 29.3 Å². The van der Waals surface area contributed by atoms with Gasteiger partial charge >= 0.3 is 0 Å². The van der Waals surface area contributed by atoms with Gasteiger partial charge in [0.2, 0.25) is 0 Å². The number of rotatable bonds is 6. The van der Waals surface area contributed by atoms with E-state index in [0.717, 1.165) is 29.9 Å². The first kappa shape index (κ1) is 30.2. The summed E-state index contributed by atoms with van der Waals surface area (Å²) >= 11 is 0. The van der Waals surface area contributed by atoms with Crippen LogP contribution in [0.15, 0.2) is 60.1 Å². The summed E-state index contributed by atoms with van der Waals surface area (Å²) in [5.74, 6) is 0.777. The predicted molar refractivity (Wildman–Crippen MR) is 116 cm³/mol.